The third kappa shape index (κ3) is 4.19. The molecule has 0 bridgehead atoms. The molecule has 4 rings (SSSR count). The molecule has 2 amide bonds. The maximum Gasteiger partial charge on any atom is 0.266 e. The molecule has 3 aromatic carbocycles. The van der Waals surface area contributed by atoms with Crippen LogP contribution in [0.2, 0.25) is 0 Å². The minimum absolute atomic E-state index is 0.0624. The molecule has 5 heteroatoms. The van der Waals surface area contributed by atoms with Crippen LogP contribution < -0.4 is 4.90 Å². The normalized spacial score (nSPS) is 11.4. The Bertz CT molecular complexity index is 1270. The van der Waals surface area contributed by atoms with Crippen molar-refractivity contribution in [2.24, 2.45) is 0 Å². The summed E-state index contributed by atoms with van der Waals surface area (Å²) in [5.41, 5.74) is 3.57. The number of hydrogen-bond acceptors (Lipinski definition) is 3. The molecule has 4 aromatic rings. The van der Waals surface area contributed by atoms with Gasteiger partial charge in [-0.25, -0.2) is 4.90 Å². The van der Waals surface area contributed by atoms with Crippen LogP contribution in [0.4, 0.5) is 5.82 Å². The van der Waals surface area contributed by atoms with Crippen molar-refractivity contribution in [1.82, 2.24) is 4.98 Å². The highest BCUT2D eigenvalue weighted by molar-refractivity contribution is 6.25. The molecule has 5 nitrogen and oxygen atoms in total. The summed E-state index contributed by atoms with van der Waals surface area (Å²) in [6, 6.07) is 29.3. The van der Waals surface area contributed by atoms with Gasteiger partial charge in [-0.1, -0.05) is 73.7 Å². The van der Waals surface area contributed by atoms with E-state index in [1.165, 1.54) is 0 Å². The van der Waals surface area contributed by atoms with Gasteiger partial charge in [-0.3, -0.25) is 9.59 Å². The van der Waals surface area contributed by atoms with Gasteiger partial charge in [-0.15, -0.1) is 0 Å². The summed E-state index contributed by atoms with van der Waals surface area (Å²) in [4.78, 5) is 31.5. The molecule has 0 aliphatic carbocycles. The number of carbonyl (C=O) groups is 2. The Kier molecular flexibility index (Phi) is 6.19. The van der Waals surface area contributed by atoms with Crippen molar-refractivity contribution in [2.75, 3.05) is 4.90 Å². The van der Waals surface area contributed by atoms with Gasteiger partial charge in [0.1, 0.15) is 11.9 Å². The number of aromatic nitrogens is 1. The topological polar surface area (TPSA) is 77.0 Å². The largest absolute Gasteiger partial charge is 0.343 e. The highest BCUT2D eigenvalue weighted by atomic mass is 16.2. The van der Waals surface area contributed by atoms with E-state index in [4.69, 9.17) is 0 Å². The Morgan fingerprint density at radius 3 is 1.73 bits per heavy atom. The van der Waals surface area contributed by atoms with Gasteiger partial charge in [0, 0.05) is 22.7 Å². The van der Waals surface area contributed by atoms with Crippen LogP contribution in [0.3, 0.4) is 0 Å². The van der Waals surface area contributed by atoms with Crippen LogP contribution in [0.5, 0.6) is 0 Å². The standard InChI is InChI=1S/C28H23N3O2/c1-19(21-12-6-3-7-13-21)25-20(2)24(18-29)26(30-25)31(27(32)22-14-8-4-9-15-22)28(33)23-16-10-5-11-17-23/h3-17,19,30H,1-2H3. The van der Waals surface area contributed by atoms with Crippen LogP contribution in [0, 0.1) is 18.3 Å². The Hall–Kier alpha value is -4.43. The van der Waals surface area contributed by atoms with Crippen molar-refractivity contribution in [2.45, 2.75) is 19.8 Å². The van der Waals surface area contributed by atoms with Gasteiger partial charge < -0.3 is 4.98 Å². The van der Waals surface area contributed by atoms with E-state index in [0.29, 0.717) is 11.1 Å². The molecule has 0 fully saturated rings. The molecule has 0 aliphatic heterocycles. The molecule has 1 atom stereocenters. The molecule has 0 radical (unpaired) electrons. The summed E-state index contributed by atoms with van der Waals surface area (Å²) in [7, 11) is 0. The molecule has 0 saturated heterocycles. The fourth-order valence-electron chi connectivity index (χ4n) is 3.96. The number of nitrogens with one attached hydrogen (secondary N) is 1. The number of aromatic amines is 1. The van der Waals surface area contributed by atoms with Crippen LogP contribution in [0.1, 0.15) is 55.9 Å². The van der Waals surface area contributed by atoms with E-state index >= 15 is 0 Å². The lowest BCUT2D eigenvalue weighted by Crippen LogP contribution is -2.38. The summed E-state index contributed by atoms with van der Waals surface area (Å²) in [5, 5.41) is 10.00. The van der Waals surface area contributed by atoms with E-state index in [0.717, 1.165) is 21.7 Å². The predicted molar refractivity (Wildman–Crippen MR) is 128 cm³/mol. The average molecular weight is 434 g/mol. The molecule has 1 aromatic heterocycles. The number of carbonyl (C=O) groups excluding carboxylic acids is 2. The zero-order chi connectivity index (χ0) is 23.4. The first-order chi connectivity index (χ1) is 16.0. The van der Waals surface area contributed by atoms with Crippen molar-refractivity contribution in [1.29, 1.82) is 5.26 Å². The molecule has 162 valence electrons. The molecule has 0 saturated carbocycles. The molecule has 1 heterocycles. The van der Waals surface area contributed by atoms with E-state index < -0.39 is 11.8 Å². The molecular formula is C28H23N3O2. The molecule has 0 spiro atoms. The molecule has 1 unspecified atom stereocenters. The van der Waals surface area contributed by atoms with Gasteiger partial charge in [0.25, 0.3) is 11.8 Å². The summed E-state index contributed by atoms with van der Waals surface area (Å²) in [6.45, 7) is 3.87. The van der Waals surface area contributed by atoms with Crippen molar-refractivity contribution < 1.29 is 9.59 Å². The van der Waals surface area contributed by atoms with E-state index in [1.54, 1.807) is 60.7 Å². The van der Waals surface area contributed by atoms with Gasteiger partial charge in [-0.2, -0.15) is 5.26 Å². The predicted octanol–water partition coefficient (Wildman–Crippen LogP) is 5.83. The highest BCUT2D eigenvalue weighted by Gasteiger charge is 2.32. The van der Waals surface area contributed by atoms with E-state index in [-0.39, 0.29) is 17.3 Å². The van der Waals surface area contributed by atoms with Crippen LogP contribution >= 0.6 is 0 Å². The molecule has 33 heavy (non-hydrogen) atoms. The summed E-state index contributed by atoms with van der Waals surface area (Å²) in [5.74, 6) is -0.870. The lowest BCUT2D eigenvalue weighted by molar-refractivity contribution is 0.0896. The van der Waals surface area contributed by atoms with Crippen molar-refractivity contribution >= 4 is 17.6 Å². The third-order valence-electron chi connectivity index (χ3n) is 5.78. The molecule has 1 N–H and O–H groups in total. The number of anilines is 1. The Labute approximate surface area is 192 Å². The average Bonchev–Trinajstić information content (AvgIpc) is 3.20. The summed E-state index contributed by atoms with van der Waals surface area (Å²) < 4.78 is 0. The number of amides is 2. The Morgan fingerprint density at radius 1 is 0.818 bits per heavy atom. The number of imide groups is 1. The smallest absolute Gasteiger partial charge is 0.266 e. The molecular weight excluding hydrogens is 410 g/mol. The zero-order valence-electron chi connectivity index (χ0n) is 18.4. The van der Waals surface area contributed by atoms with Crippen LogP contribution in [0.25, 0.3) is 0 Å². The second-order valence-corrected chi connectivity index (χ2v) is 7.81. The summed E-state index contributed by atoms with van der Waals surface area (Å²) in [6.07, 6.45) is 0. The van der Waals surface area contributed by atoms with E-state index in [1.807, 2.05) is 44.2 Å². The first-order valence-electron chi connectivity index (χ1n) is 10.7. The van der Waals surface area contributed by atoms with Crippen molar-refractivity contribution in [3.63, 3.8) is 0 Å². The monoisotopic (exact) mass is 433 g/mol. The lowest BCUT2D eigenvalue weighted by Gasteiger charge is -2.20. The van der Waals surface area contributed by atoms with Crippen LogP contribution in [-0.2, 0) is 0 Å². The van der Waals surface area contributed by atoms with Gasteiger partial charge >= 0.3 is 0 Å². The number of benzene rings is 3. The van der Waals surface area contributed by atoms with Crippen molar-refractivity contribution in [3.05, 3.63) is 125 Å². The summed E-state index contributed by atoms with van der Waals surface area (Å²) >= 11 is 0. The lowest BCUT2D eigenvalue weighted by atomic mass is 9.95. The minimum atomic E-state index is -0.499. The van der Waals surface area contributed by atoms with Crippen molar-refractivity contribution in [3.8, 4) is 6.07 Å². The maximum atomic E-state index is 13.6. The quantitative estimate of drug-likeness (QED) is 0.402. The van der Waals surface area contributed by atoms with Crippen LogP contribution in [-0.4, -0.2) is 16.8 Å². The van der Waals surface area contributed by atoms with Gasteiger partial charge in [0.2, 0.25) is 0 Å². The molecule has 0 aliphatic rings. The number of hydrogen-bond donors (Lipinski definition) is 1. The fourth-order valence-corrected chi connectivity index (χ4v) is 3.96. The second-order valence-electron chi connectivity index (χ2n) is 7.81. The van der Waals surface area contributed by atoms with Crippen LogP contribution in [0.15, 0.2) is 91.0 Å². The SMILES string of the molecule is Cc1c(C(C)c2ccccc2)[nH]c(N(C(=O)c2ccccc2)C(=O)c2ccccc2)c1C#N. The van der Waals surface area contributed by atoms with E-state index in [2.05, 4.69) is 11.1 Å². The first kappa shape index (κ1) is 21.8. The Morgan fingerprint density at radius 2 is 1.27 bits per heavy atom. The zero-order valence-corrected chi connectivity index (χ0v) is 18.4. The highest BCUT2D eigenvalue weighted by Crippen LogP contribution is 2.34. The van der Waals surface area contributed by atoms with E-state index in [9.17, 15) is 14.9 Å². The van der Waals surface area contributed by atoms with Gasteiger partial charge in [0.05, 0.1) is 5.56 Å². The number of nitrogens with zero attached hydrogens (tertiary/aromatic N) is 2. The minimum Gasteiger partial charge on any atom is -0.343 e. The maximum absolute atomic E-state index is 13.6. The third-order valence-corrected chi connectivity index (χ3v) is 5.78. The number of nitriles is 1. The van der Waals surface area contributed by atoms with Gasteiger partial charge in [0.15, 0.2) is 0 Å². The fraction of sp³-hybridized carbons (Fsp3) is 0.107. The van der Waals surface area contributed by atoms with Gasteiger partial charge in [-0.05, 0) is 42.3 Å². The Balaban J connectivity index is 1.87. The first-order valence-corrected chi connectivity index (χ1v) is 10.7. The number of rotatable bonds is 5. The number of H-pyrrole nitrogens is 1. The second kappa shape index (κ2) is 9.37.